The number of alkyl carbamates (subject to hydrolysis) is 1. The molecular weight excluding hydrogens is 424 g/mol. The highest BCUT2D eigenvalue weighted by molar-refractivity contribution is 5.73. The Kier molecular flexibility index (Phi) is 7.08. The normalized spacial score (nSPS) is 41.7. The highest BCUT2D eigenvalue weighted by Crippen LogP contribution is 2.59. The van der Waals surface area contributed by atoms with Gasteiger partial charge in [-0.25, -0.2) is 4.79 Å². The number of amides is 2. The summed E-state index contributed by atoms with van der Waals surface area (Å²) in [4.78, 5) is 24.0. The van der Waals surface area contributed by atoms with Crippen molar-refractivity contribution in [2.75, 3.05) is 13.7 Å². The van der Waals surface area contributed by atoms with Gasteiger partial charge in [-0.2, -0.15) is 0 Å². The van der Waals surface area contributed by atoms with Gasteiger partial charge in [0.05, 0.1) is 18.6 Å². The van der Waals surface area contributed by atoms with Crippen LogP contribution >= 0.6 is 0 Å². The second-order valence-corrected chi connectivity index (χ2v) is 10.7. The molecule has 186 valence electrons. The van der Waals surface area contributed by atoms with Gasteiger partial charge < -0.3 is 29.6 Å². The van der Waals surface area contributed by atoms with Crippen LogP contribution in [-0.2, 0) is 23.7 Å². The molecule has 2 amide bonds. The Morgan fingerprint density at radius 1 is 1.06 bits per heavy atom. The summed E-state index contributed by atoms with van der Waals surface area (Å²) >= 11 is 0. The van der Waals surface area contributed by atoms with Crippen LogP contribution in [0.15, 0.2) is 11.6 Å². The van der Waals surface area contributed by atoms with E-state index in [9.17, 15) is 9.59 Å². The molecule has 4 fully saturated rings. The lowest BCUT2D eigenvalue weighted by atomic mass is 9.68. The van der Waals surface area contributed by atoms with Crippen LogP contribution in [0.1, 0.15) is 72.6 Å². The summed E-state index contributed by atoms with van der Waals surface area (Å²) in [5.74, 6) is 0.0160. The molecule has 8 nitrogen and oxygen atoms in total. The third-order valence-electron chi connectivity index (χ3n) is 7.95. The summed E-state index contributed by atoms with van der Waals surface area (Å²) in [7, 11) is 1.69. The van der Waals surface area contributed by atoms with Gasteiger partial charge in [-0.15, -0.1) is 0 Å². The van der Waals surface area contributed by atoms with E-state index in [1.807, 2.05) is 0 Å². The third kappa shape index (κ3) is 5.38. The van der Waals surface area contributed by atoms with Gasteiger partial charge in [-0.1, -0.05) is 11.6 Å². The second kappa shape index (κ2) is 9.55. The van der Waals surface area contributed by atoms with Crippen LogP contribution in [-0.4, -0.2) is 67.3 Å². The molecule has 2 heterocycles. The van der Waals surface area contributed by atoms with Crippen molar-refractivity contribution in [1.82, 2.24) is 10.6 Å². The Morgan fingerprint density at radius 2 is 1.70 bits per heavy atom. The van der Waals surface area contributed by atoms with Crippen LogP contribution in [0, 0.1) is 5.92 Å². The SMILES string of the molecule is COC1C(OC(=O)NC2CCC(NC(C)=O)CC2)CC[C@]2(CO2)C1C1(C)O[C@@H]1CC=C(C)C. The number of carbonyl (C=O) groups is 2. The first-order valence-electron chi connectivity index (χ1n) is 12.4. The molecule has 2 saturated heterocycles. The predicted molar refractivity (Wildman–Crippen MR) is 123 cm³/mol. The van der Waals surface area contributed by atoms with Crippen LogP contribution in [0.5, 0.6) is 0 Å². The van der Waals surface area contributed by atoms with Crippen molar-refractivity contribution >= 4 is 12.0 Å². The van der Waals surface area contributed by atoms with Crippen molar-refractivity contribution in [2.45, 2.75) is 114 Å². The number of nitrogens with one attached hydrogen (secondary N) is 2. The quantitative estimate of drug-likeness (QED) is 0.443. The molecular formula is C25H40N2O6. The van der Waals surface area contributed by atoms with Gasteiger partial charge in [0.25, 0.3) is 0 Å². The number of methoxy groups -OCH3 is 1. The van der Waals surface area contributed by atoms with Gasteiger partial charge in [0.2, 0.25) is 5.91 Å². The molecule has 2 saturated carbocycles. The van der Waals surface area contributed by atoms with Crippen molar-refractivity contribution in [3.05, 3.63) is 11.6 Å². The molecule has 0 bridgehead atoms. The van der Waals surface area contributed by atoms with Crippen molar-refractivity contribution in [3.63, 3.8) is 0 Å². The molecule has 8 heteroatoms. The topological polar surface area (TPSA) is 102 Å². The minimum Gasteiger partial charge on any atom is -0.443 e. The molecule has 6 atom stereocenters. The van der Waals surface area contributed by atoms with Gasteiger partial charge in [0.1, 0.15) is 23.4 Å². The maximum atomic E-state index is 12.8. The Bertz CT molecular complexity index is 769. The van der Waals surface area contributed by atoms with E-state index in [1.165, 1.54) is 5.57 Å². The average molecular weight is 465 g/mol. The van der Waals surface area contributed by atoms with Gasteiger partial charge >= 0.3 is 6.09 Å². The Labute approximate surface area is 197 Å². The van der Waals surface area contributed by atoms with Gasteiger partial charge in [-0.05, 0) is 65.7 Å². The van der Waals surface area contributed by atoms with E-state index >= 15 is 0 Å². The average Bonchev–Trinajstić information content (AvgIpc) is 3.66. The maximum Gasteiger partial charge on any atom is 0.407 e. The number of carbonyl (C=O) groups excluding carboxylic acids is 2. The molecule has 4 rings (SSSR count). The first-order valence-corrected chi connectivity index (χ1v) is 12.4. The highest BCUT2D eigenvalue weighted by Gasteiger charge is 2.72. The first kappa shape index (κ1) is 24.5. The van der Waals surface area contributed by atoms with Crippen LogP contribution < -0.4 is 10.6 Å². The molecule has 1 spiro atoms. The first-order chi connectivity index (χ1) is 15.7. The summed E-state index contributed by atoms with van der Waals surface area (Å²) in [6.45, 7) is 8.59. The van der Waals surface area contributed by atoms with Crippen LogP contribution in [0.4, 0.5) is 4.79 Å². The summed E-state index contributed by atoms with van der Waals surface area (Å²) in [5, 5.41) is 6.00. The lowest BCUT2D eigenvalue weighted by Crippen LogP contribution is -2.56. The Balaban J connectivity index is 1.34. The fourth-order valence-electron chi connectivity index (χ4n) is 6.08. The number of ether oxygens (including phenoxy) is 4. The lowest BCUT2D eigenvalue weighted by Gasteiger charge is -2.42. The van der Waals surface area contributed by atoms with Gasteiger partial charge in [-0.3, -0.25) is 4.79 Å². The summed E-state index contributed by atoms with van der Waals surface area (Å²) in [6.07, 6.45) is 7.14. The van der Waals surface area contributed by atoms with Crippen LogP contribution in [0.3, 0.4) is 0 Å². The standard InChI is InChI=1S/C25H40N2O6/c1-15(2)6-11-20-24(4,33-20)22-21(30-5)19(12-13-25(22)14-31-25)32-23(29)27-18-9-7-17(8-10-18)26-16(3)28/h6,17-22H,7-14H2,1-5H3,(H,26,28)(H,27,29)/t17?,18?,19?,20-,21?,22?,24?,25+/m1/s1. The number of rotatable bonds is 7. The molecule has 2 aliphatic heterocycles. The Hall–Kier alpha value is -1.64. The van der Waals surface area contributed by atoms with E-state index < -0.39 is 0 Å². The fourth-order valence-corrected chi connectivity index (χ4v) is 6.08. The second-order valence-electron chi connectivity index (χ2n) is 10.7. The van der Waals surface area contributed by atoms with E-state index in [0.717, 1.165) is 38.5 Å². The van der Waals surface area contributed by atoms with Crippen LogP contribution in [0.25, 0.3) is 0 Å². The zero-order chi connectivity index (χ0) is 23.8. The van der Waals surface area contributed by atoms with E-state index in [-0.39, 0.29) is 59.5 Å². The zero-order valence-corrected chi connectivity index (χ0v) is 20.6. The van der Waals surface area contributed by atoms with E-state index in [0.29, 0.717) is 13.0 Å². The van der Waals surface area contributed by atoms with Crippen molar-refractivity contribution in [2.24, 2.45) is 5.92 Å². The van der Waals surface area contributed by atoms with E-state index in [1.54, 1.807) is 14.0 Å². The lowest BCUT2D eigenvalue weighted by molar-refractivity contribution is -0.120. The number of hydrogen-bond acceptors (Lipinski definition) is 6. The van der Waals surface area contributed by atoms with Crippen molar-refractivity contribution in [1.29, 1.82) is 0 Å². The minimum absolute atomic E-state index is 0.00267. The highest BCUT2D eigenvalue weighted by atomic mass is 16.6. The van der Waals surface area contributed by atoms with Gasteiger partial charge in [0, 0.05) is 26.1 Å². The minimum atomic E-state index is -0.389. The number of allylic oxidation sites excluding steroid dienone is 1. The molecule has 0 aromatic carbocycles. The molecule has 2 aliphatic carbocycles. The molecule has 0 aromatic heterocycles. The number of epoxide rings is 2. The monoisotopic (exact) mass is 464 g/mol. The van der Waals surface area contributed by atoms with Gasteiger partial charge in [0.15, 0.2) is 0 Å². The molecule has 33 heavy (non-hydrogen) atoms. The summed E-state index contributed by atoms with van der Waals surface area (Å²) < 4.78 is 24.1. The molecule has 2 N–H and O–H groups in total. The zero-order valence-electron chi connectivity index (χ0n) is 20.6. The van der Waals surface area contributed by atoms with Crippen LogP contribution in [0.2, 0.25) is 0 Å². The fraction of sp³-hybridized carbons (Fsp3) is 0.840. The van der Waals surface area contributed by atoms with Crippen molar-refractivity contribution in [3.8, 4) is 0 Å². The summed E-state index contributed by atoms with van der Waals surface area (Å²) in [6, 6.07) is 0.264. The van der Waals surface area contributed by atoms with E-state index in [4.69, 9.17) is 18.9 Å². The molecule has 4 aliphatic rings. The summed E-state index contributed by atoms with van der Waals surface area (Å²) in [5.41, 5.74) is 0.707. The smallest absolute Gasteiger partial charge is 0.407 e. The molecule has 0 radical (unpaired) electrons. The largest absolute Gasteiger partial charge is 0.443 e. The van der Waals surface area contributed by atoms with Crippen molar-refractivity contribution < 1.29 is 28.5 Å². The third-order valence-corrected chi connectivity index (χ3v) is 7.95. The maximum absolute atomic E-state index is 12.8. The molecule has 4 unspecified atom stereocenters. The predicted octanol–water partition coefficient (Wildman–Crippen LogP) is 3.24. The molecule has 0 aromatic rings. The van der Waals surface area contributed by atoms with E-state index in [2.05, 4.69) is 37.5 Å². The number of hydrogen-bond donors (Lipinski definition) is 2. The Morgan fingerprint density at radius 3 is 2.24 bits per heavy atom.